The van der Waals surface area contributed by atoms with E-state index in [1.165, 1.54) is 37.0 Å². The van der Waals surface area contributed by atoms with Gasteiger partial charge in [0.25, 0.3) is 5.91 Å². The number of carbonyl (C=O) groups is 4. The Morgan fingerprint density at radius 2 is 1.47 bits per heavy atom. The van der Waals surface area contributed by atoms with Crippen molar-refractivity contribution < 1.29 is 29.0 Å². The quantitative estimate of drug-likeness (QED) is 0.0869. The van der Waals surface area contributed by atoms with Crippen molar-refractivity contribution in [3.05, 3.63) is 88.4 Å². The number of unbranched alkanes of at least 4 members (excludes halogenated alkanes) is 4. The van der Waals surface area contributed by atoms with Gasteiger partial charge >= 0.3 is 5.97 Å². The van der Waals surface area contributed by atoms with Crippen LogP contribution in [-0.4, -0.2) is 57.5 Å². The van der Waals surface area contributed by atoms with Crippen LogP contribution in [0.4, 0.5) is 0 Å². The lowest BCUT2D eigenvalue weighted by Crippen LogP contribution is -2.53. The molecule has 0 fully saturated rings. The summed E-state index contributed by atoms with van der Waals surface area (Å²) < 4.78 is 5.88. The molecule has 0 aliphatic rings. The normalized spacial score (nSPS) is 12.5. The Bertz CT molecular complexity index is 1770. The van der Waals surface area contributed by atoms with E-state index >= 15 is 0 Å². The number of carboxylic acid groups (broad SMARTS) is 1. The van der Waals surface area contributed by atoms with Crippen LogP contribution in [-0.2, 0) is 26.2 Å². The Labute approximate surface area is 303 Å². The van der Waals surface area contributed by atoms with E-state index in [9.17, 15) is 24.3 Å². The fourth-order valence-electron chi connectivity index (χ4n) is 5.27. The van der Waals surface area contributed by atoms with E-state index in [0.29, 0.717) is 22.9 Å². The third kappa shape index (κ3) is 11.7. The maximum atomic E-state index is 13.4. The maximum absolute atomic E-state index is 13.4. The number of nitrogens with one attached hydrogen (secondary N) is 2. The molecule has 2 heterocycles. The van der Waals surface area contributed by atoms with Gasteiger partial charge in [0.1, 0.15) is 17.8 Å². The van der Waals surface area contributed by atoms with Gasteiger partial charge in [-0.1, -0.05) is 89.8 Å². The van der Waals surface area contributed by atoms with Crippen molar-refractivity contribution in [3.8, 4) is 28.3 Å². The van der Waals surface area contributed by atoms with Gasteiger partial charge < -0.3 is 26.2 Å². The Balaban J connectivity index is 1.43. The summed E-state index contributed by atoms with van der Waals surface area (Å²) >= 11 is 1.32. The third-order valence-electron chi connectivity index (χ3n) is 8.22. The number of hydrogen-bond donors (Lipinski definition) is 4. The Hall–Kier alpha value is -5.10. The van der Waals surface area contributed by atoms with Gasteiger partial charge in [0.05, 0.1) is 17.9 Å². The average Bonchev–Trinajstić information content (AvgIpc) is 3.62. The van der Waals surface area contributed by atoms with Crippen LogP contribution in [0.1, 0.15) is 86.3 Å². The van der Waals surface area contributed by atoms with Crippen LogP contribution >= 0.6 is 11.3 Å². The summed E-state index contributed by atoms with van der Waals surface area (Å²) in [6, 6.07) is 16.0. The number of ether oxygens (including phenoxy) is 1. The lowest BCUT2D eigenvalue weighted by Gasteiger charge is -2.21. The van der Waals surface area contributed by atoms with Crippen molar-refractivity contribution in [1.29, 1.82) is 0 Å². The number of rotatable bonds is 18. The first-order chi connectivity index (χ1) is 24.3. The lowest BCUT2D eigenvalue weighted by molar-refractivity contribution is -0.143. The van der Waals surface area contributed by atoms with Crippen molar-refractivity contribution in [2.45, 2.75) is 90.1 Å². The molecule has 0 bridgehead atoms. The Morgan fingerprint density at radius 1 is 0.824 bits per heavy atom. The van der Waals surface area contributed by atoms with E-state index in [2.05, 4.69) is 27.5 Å². The van der Waals surface area contributed by atoms with Gasteiger partial charge in [-0.2, -0.15) is 0 Å². The van der Waals surface area contributed by atoms with Gasteiger partial charge in [0.15, 0.2) is 5.82 Å². The van der Waals surface area contributed by atoms with Gasteiger partial charge in [-0.25, -0.2) is 14.8 Å². The number of thiophene rings is 1. The van der Waals surface area contributed by atoms with E-state index in [1.807, 2.05) is 63.2 Å². The molecule has 0 aliphatic carbocycles. The standard InChI is InChI=1S/C39H47N5O6S/c1-5-6-7-8-9-20-50-29-16-14-26(15-17-29)28-23-41-35(42-24-28)27-12-10-25(11-13-27)21-30(36(46)44-31(38(48)49)22-34(40)45)43-37(47)32-18-19-33(51-32)39(2,3)4/h10-19,23-24,30-31H,5-9,20-22H2,1-4H3,(H2,40,45)(H,43,47)(H,44,46)(H,48,49)/t30-,31-/m0/s1. The summed E-state index contributed by atoms with van der Waals surface area (Å²) in [6.45, 7) is 9.02. The number of primary amides is 1. The number of aromatic nitrogens is 2. The lowest BCUT2D eigenvalue weighted by atomic mass is 9.95. The fourth-order valence-corrected chi connectivity index (χ4v) is 6.23. The molecule has 270 valence electrons. The number of nitrogens with two attached hydrogens (primary N) is 1. The maximum Gasteiger partial charge on any atom is 0.326 e. The highest BCUT2D eigenvalue weighted by Gasteiger charge is 2.29. The molecule has 0 unspecified atom stereocenters. The monoisotopic (exact) mass is 713 g/mol. The van der Waals surface area contributed by atoms with Crippen LogP contribution in [0.2, 0.25) is 0 Å². The highest BCUT2D eigenvalue weighted by molar-refractivity contribution is 7.14. The summed E-state index contributed by atoms with van der Waals surface area (Å²) in [5.74, 6) is -2.17. The number of aliphatic carboxylic acids is 1. The summed E-state index contributed by atoms with van der Waals surface area (Å²) in [4.78, 5) is 60.3. The topological polar surface area (TPSA) is 174 Å². The Kier molecular flexibility index (Phi) is 13.8. The summed E-state index contributed by atoms with van der Waals surface area (Å²) in [5, 5.41) is 14.6. The molecule has 2 aromatic carbocycles. The minimum atomic E-state index is -1.54. The van der Waals surface area contributed by atoms with Crippen LogP contribution in [0.25, 0.3) is 22.5 Å². The zero-order chi connectivity index (χ0) is 37.0. The fraction of sp³-hybridized carbons (Fsp3) is 0.385. The molecule has 0 aliphatic heterocycles. The Morgan fingerprint density at radius 3 is 2.06 bits per heavy atom. The predicted molar refractivity (Wildman–Crippen MR) is 199 cm³/mol. The second-order valence-corrected chi connectivity index (χ2v) is 14.6. The minimum absolute atomic E-state index is 0.0522. The van der Waals surface area contributed by atoms with Crippen LogP contribution in [0.5, 0.6) is 5.75 Å². The molecule has 0 saturated carbocycles. The zero-order valence-corrected chi connectivity index (χ0v) is 30.4. The smallest absolute Gasteiger partial charge is 0.326 e. The molecule has 2 aromatic heterocycles. The molecule has 4 rings (SSSR count). The van der Waals surface area contributed by atoms with Crippen molar-refractivity contribution in [3.63, 3.8) is 0 Å². The number of hydrogen-bond acceptors (Lipinski definition) is 8. The number of amides is 3. The number of benzene rings is 2. The molecule has 5 N–H and O–H groups in total. The first kappa shape index (κ1) is 38.7. The highest BCUT2D eigenvalue weighted by Crippen LogP contribution is 2.29. The summed E-state index contributed by atoms with van der Waals surface area (Å²) in [7, 11) is 0. The molecular formula is C39H47N5O6S. The first-order valence-corrected chi connectivity index (χ1v) is 18.0. The molecule has 11 nitrogen and oxygen atoms in total. The van der Waals surface area contributed by atoms with Gasteiger partial charge in [0.2, 0.25) is 11.8 Å². The molecule has 51 heavy (non-hydrogen) atoms. The SMILES string of the molecule is CCCCCCCOc1ccc(-c2cnc(-c3ccc(C[C@H](NC(=O)c4ccc(C(C)(C)C)s4)C(=O)N[C@@H](CC(N)=O)C(=O)O)cc3)nc2)cc1. The summed E-state index contributed by atoms with van der Waals surface area (Å²) in [5.41, 5.74) is 8.31. The molecular weight excluding hydrogens is 667 g/mol. The van der Waals surface area contributed by atoms with Crippen molar-refractivity contribution in [2.24, 2.45) is 5.73 Å². The van der Waals surface area contributed by atoms with E-state index in [4.69, 9.17) is 10.5 Å². The highest BCUT2D eigenvalue weighted by atomic mass is 32.1. The molecule has 2 atom stereocenters. The van der Waals surface area contributed by atoms with E-state index in [1.54, 1.807) is 30.6 Å². The average molecular weight is 714 g/mol. The van der Waals surface area contributed by atoms with Crippen LogP contribution in [0.3, 0.4) is 0 Å². The van der Waals surface area contributed by atoms with Crippen molar-refractivity contribution in [2.75, 3.05) is 6.61 Å². The molecule has 4 aromatic rings. The summed E-state index contributed by atoms with van der Waals surface area (Å²) in [6.07, 6.45) is 8.93. The first-order valence-electron chi connectivity index (χ1n) is 17.2. The molecule has 12 heteroatoms. The second-order valence-electron chi connectivity index (χ2n) is 13.5. The zero-order valence-electron chi connectivity index (χ0n) is 29.6. The van der Waals surface area contributed by atoms with Gasteiger partial charge in [-0.3, -0.25) is 14.4 Å². The van der Waals surface area contributed by atoms with Crippen LogP contribution in [0, 0.1) is 0 Å². The largest absolute Gasteiger partial charge is 0.494 e. The molecule has 0 radical (unpaired) electrons. The van der Waals surface area contributed by atoms with Crippen molar-refractivity contribution in [1.82, 2.24) is 20.6 Å². The second kappa shape index (κ2) is 18.2. The molecule has 0 saturated heterocycles. The van der Waals surface area contributed by atoms with Crippen LogP contribution in [0.15, 0.2) is 73.1 Å². The van der Waals surface area contributed by atoms with Crippen LogP contribution < -0.4 is 21.1 Å². The van der Waals surface area contributed by atoms with E-state index in [-0.39, 0.29) is 11.8 Å². The number of nitrogens with zero attached hydrogens (tertiary/aromatic N) is 2. The molecule has 0 spiro atoms. The van der Waals surface area contributed by atoms with E-state index in [0.717, 1.165) is 33.7 Å². The van der Waals surface area contributed by atoms with E-state index < -0.39 is 42.2 Å². The minimum Gasteiger partial charge on any atom is -0.494 e. The van der Waals surface area contributed by atoms with Gasteiger partial charge in [-0.15, -0.1) is 11.3 Å². The third-order valence-corrected chi connectivity index (χ3v) is 9.73. The van der Waals surface area contributed by atoms with Crippen molar-refractivity contribution >= 4 is 35.0 Å². The van der Waals surface area contributed by atoms with Gasteiger partial charge in [-0.05, 0) is 47.2 Å². The number of carboxylic acids is 1. The predicted octanol–water partition coefficient (Wildman–Crippen LogP) is 6.30. The van der Waals surface area contributed by atoms with Gasteiger partial charge in [0, 0.05) is 34.8 Å². The number of carbonyl (C=O) groups excluding carboxylic acids is 3. The molecule has 3 amide bonds.